The molecule has 6 unspecified atom stereocenters. The van der Waals surface area contributed by atoms with Gasteiger partial charge in [0.15, 0.2) is 5.88 Å². The Morgan fingerprint density at radius 2 is 1.86 bits per heavy atom. The fourth-order valence-electron chi connectivity index (χ4n) is 8.18. The first-order chi connectivity index (χ1) is 16.7. The Hall–Kier alpha value is -2.41. The van der Waals surface area contributed by atoms with Gasteiger partial charge in [-0.05, 0) is 61.3 Å². The number of phenols is 1. The van der Waals surface area contributed by atoms with Crippen molar-refractivity contribution < 1.29 is 30.0 Å². The SMILES string of the molecule is CC(C)CC(C(=O)O)n1cc2c3c(c(O)cc2c1O)CC1(O3)C(C)CCC2C(C)(C)C(O)CCC21C. The number of carboxylic acids is 1. The van der Waals surface area contributed by atoms with E-state index in [1.807, 2.05) is 13.8 Å². The van der Waals surface area contributed by atoms with Crippen LogP contribution in [0.25, 0.3) is 10.8 Å². The van der Waals surface area contributed by atoms with Crippen LogP contribution in [-0.4, -0.2) is 42.7 Å². The summed E-state index contributed by atoms with van der Waals surface area (Å²) in [5.41, 5.74) is -0.281. The highest BCUT2D eigenvalue weighted by molar-refractivity contribution is 5.96. The Morgan fingerprint density at radius 3 is 2.50 bits per heavy atom. The maximum atomic E-state index is 12.1. The Kier molecular flexibility index (Phi) is 5.64. The molecule has 1 spiro atoms. The molecule has 198 valence electrons. The Morgan fingerprint density at radius 1 is 1.17 bits per heavy atom. The van der Waals surface area contributed by atoms with E-state index in [9.17, 15) is 25.2 Å². The van der Waals surface area contributed by atoms with Gasteiger partial charge in [0, 0.05) is 29.0 Å². The number of aliphatic carboxylic acids is 1. The molecule has 2 saturated carbocycles. The van der Waals surface area contributed by atoms with Gasteiger partial charge in [-0.25, -0.2) is 4.79 Å². The number of aromatic hydroxyl groups is 2. The van der Waals surface area contributed by atoms with Crippen molar-refractivity contribution in [2.24, 2.45) is 28.6 Å². The van der Waals surface area contributed by atoms with Crippen LogP contribution in [0.4, 0.5) is 0 Å². The normalized spacial score (nSPS) is 33.9. The van der Waals surface area contributed by atoms with Crippen LogP contribution in [0.3, 0.4) is 0 Å². The average Bonchev–Trinajstić information content (AvgIpc) is 3.34. The highest BCUT2D eigenvalue weighted by Crippen LogP contribution is 2.67. The van der Waals surface area contributed by atoms with Crippen molar-refractivity contribution in [3.8, 4) is 17.4 Å². The fourth-order valence-corrected chi connectivity index (χ4v) is 8.18. The van der Waals surface area contributed by atoms with Crippen LogP contribution in [0, 0.1) is 28.6 Å². The number of aliphatic hydroxyl groups is 1. The average molecular weight is 500 g/mol. The maximum absolute atomic E-state index is 12.1. The van der Waals surface area contributed by atoms with Crippen LogP contribution in [0.2, 0.25) is 0 Å². The van der Waals surface area contributed by atoms with Gasteiger partial charge in [0.05, 0.1) is 11.5 Å². The molecular weight excluding hydrogens is 458 g/mol. The number of carbonyl (C=O) groups is 1. The van der Waals surface area contributed by atoms with Crippen LogP contribution < -0.4 is 4.74 Å². The first-order valence-corrected chi connectivity index (χ1v) is 13.4. The van der Waals surface area contributed by atoms with Gasteiger partial charge < -0.3 is 29.7 Å². The number of phenolic OH excluding ortho intramolecular Hbond substituents is 1. The first kappa shape index (κ1) is 25.2. The van der Waals surface area contributed by atoms with Gasteiger partial charge in [0.25, 0.3) is 0 Å². The number of ether oxygens (including phenoxy) is 1. The van der Waals surface area contributed by atoms with Gasteiger partial charge in [-0.1, -0.05) is 41.5 Å². The second kappa shape index (κ2) is 8.04. The van der Waals surface area contributed by atoms with E-state index in [1.54, 1.807) is 12.3 Å². The van der Waals surface area contributed by atoms with Crippen LogP contribution in [0.15, 0.2) is 12.3 Å². The standard InChI is InChI=1S/C29H41NO6/c1-15(2)11-20(26(34)35)30-14-19-17(25(30)33)12-21(31)18-13-29(36-24(18)19)16(3)7-8-22-27(4,5)23(32)9-10-28(22,29)6/h12,14-16,20,22-23,31-33H,7-11,13H2,1-6H3,(H,34,35). The lowest BCUT2D eigenvalue weighted by molar-refractivity contribution is -0.210. The zero-order valence-corrected chi connectivity index (χ0v) is 22.3. The molecule has 2 aromatic rings. The number of benzene rings is 1. The zero-order chi connectivity index (χ0) is 26.4. The van der Waals surface area contributed by atoms with Crippen molar-refractivity contribution in [3.05, 3.63) is 17.8 Å². The molecule has 4 N–H and O–H groups in total. The summed E-state index contributed by atoms with van der Waals surface area (Å²) in [5, 5.41) is 44.0. The fraction of sp³-hybridized carbons (Fsp3) is 0.690. The smallest absolute Gasteiger partial charge is 0.326 e. The molecule has 0 amide bonds. The number of aromatic nitrogens is 1. The lowest BCUT2D eigenvalue weighted by Gasteiger charge is -2.64. The molecule has 6 atom stereocenters. The topological polar surface area (TPSA) is 112 Å². The number of fused-ring (bicyclic) bond motifs is 5. The summed E-state index contributed by atoms with van der Waals surface area (Å²) in [6, 6.07) is 0.639. The van der Waals surface area contributed by atoms with Crippen LogP contribution in [0.5, 0.6) is 17.4 Å². The predicted octanol–water partition coefficient (Wildman–Crippen LogP) is 5.63. The Balaban J connectivity index is 1.65. The molecule has 0 radical (unpaired) electrons. The highest BCUT2D eigenvalue weighted by Gasteiger charge is 2.67. The number of hydrogen-bond acceptors (Lipinski definition) is 5. The van der Waals surface area contributed by atoms with E-state index in [-0.39, 0.29) is 46.3 Å². The largest absolute Gasteiger partial charge is 0.508 e. The summed E-state index contributed by atoms with van der Waals surface area (Å²) in [6.07, 6.45) is 5.80. The molecule has 5 rings (SSSR count). The molecule has 2 heterocycles. The number of carboxylic acid groups (broad SMARTS) is 1. The lowest BCUT2D eigenvalue weighted by Crippen LogP contribution is -2.66. The first-order valence-electron chi connectivity index (χ1n) is 13.4. The van der Waals surface area contributed by atoms with E-state index in [2.05, 4.69) is 27.7 Å². The van der Waals surface area contributed by atoms with Crippen LogP contribution in [0.1, 0.15) is 85.3 Å². The highest BCUT2D eigenvalue weighted by atomic mass is 16.5. The summed E-state index contributed by atoms with van der Waals surface area (Å²) >= 11 is 0. The maximum Gasteiger partial charge on any atom is 0.326 e. The summed E-state index contributed by atoms with van der Waals surface area (Å²) in [5.74, 6) is 0.0868. The van der Waals surface area contributed by atoms with E-state index >= 15 is 0 Å². The third kappa shape index (κ3) is 3.24. The Labute approximate surface area is 213 Å². The number of rotatable bonds is 4. The van der Waals surface area contributed by atoms with Crippen molar-refractivity contribution in [2.45, 2.75) is 97.8 Å². The Bertz CT molecular complexity index is 1210. The molecule has 3 aliphatic rings. The van der Waals surface area contributed by atoms with Crippen LogP contribution in [-0.2, 0) is 11.2 Å². The third-order valence-electron chi connectivity index (χ3n) is 10.3. The predicted molar refractivity (Wildman–Crippen MR) is 137 cm³/mol. The van der Waals surface area contributed by atoms with E-state index in [0.717, 1.165) is 24.8 Å². The van der Waals surface area contributed by atoms with E-state index < -0.39 is 17.6 Å². The molecular formula is C29H41NO6. The van der Waals surface area contributed by atoms with Gasteiger partial charge in [0.1, 0.15) is 23.1 Å². The third-order valence-corrected chi connectivity index (χ3v) is 10.3. The minimum Gasteiger partial charge on any atom is -0.508 e. The summed E-state index contributed by atoms with van der Waals surface area (Å²) in [6.45, 7) is 12.8. The summed E-state index contributed by atoms with van der Waals surface area (Å²) in [4.78, 5) is 12.1. The van der Waals surface area contributed by atoms with Crippen molar-refractivity contribution in [1.82, 2.24) is 4.57 Å². The summed E-state index contributed by atoms with van der Waals surface area (Å²) < 4.78 is 8.43. The van der Waals surface area contributed by atoms with E-state index in [0.29, 0.717) is 35.8 Å². The van der Waals surface area contributed by atoms with Crippen molar-refractivity contribution in [3.63, 3.8) is 0 Å². The molecule has 0 bridgehead atoms. The van der Waals surface area contributed by atoms with E-state index in [4.69, 9.17) is 4.74 Å². The van der Waals surface area contributed by atoms with Crippen LogP contribution >= 0.6 is 0 Å². The van der Waals surface area contributed by atoms with Crippen molar-refractivity contribution in [2.75, 3.05) is 0 Å². The second-order valence-corrected chi connectivity index (χ2v) is 13.0. The molecule has 7 heteroatoms. The van der Waals surface area contributed by atoms with Gasteiger partial charge >= 0.3 is 5.97 Å². The van der Waals surface area contributed by atoms with Crippen molar-refractivity contribution in [1.29, 1.82) is 0 Å². The zero-order valence-electron chi connectivity index (χ0n) is 22.3. The molecule has 1 aromatic carbocycles. The van der Waals surface area contributed by atoms with Gasteiger partial charge in [-0.2, -0.15) is 0 Å². The minimum atomic E-state index is -1.00. The minimum absolute atomic E-state index is 0.0752. The monoisotopic (exact) mass is 499 g/mol. The number of aliphatic hydroxyl groups excluding tert-OH is 1. The lowest BCUT2D eigenvalue weighted by atomic mass is 9.43. The number of nitrogens with zero attached hydrogens (tertiary/aromatic N) is 1. The van der Waals surface area contributed by atoms with Gasteiger partial charge in [-0.3, -0.25) is 0 Å². The summed E-state index contributed by atoms with van der Waals surface area (Å²) in [7, 11) is 0. The van der Waals surface area contributed by atoms with E-state index in [1.165, 1.54) is 4.57 Å². The molecule has 1 aliphatic heterocycles. The van der Waals surface area contributed by atoms with Crippen molar-refractivity contribution >= 4 is 16.7 Å². The molecule has 36 heavy (non-hydrogen) atoms. The quantitative estimate of drug-likeness (QED) is 0.434. The van der Waals surface area contributed by atoms with Gasteiger partial charge in [-0.15, -0.1) is 0 Å². The molecule has 2 aliphatic carbocycles. The molecule has 2 fully saturated rings. The number of hydrogen-bond donors (Lipinski definition) is 4. The molecule has 0 saturated heterocycles. The second-order valence-electron chi connectivity index (χ2n) is 13.0. The molecule has 7 nitrogen and oxygen atoms in total. The van der Waals surface area contributed by atoms with Gasteiger partial charge in [0.2, 0.25) is 0 Å². The molecule has 1 aromatic heterocycles.